The predicted molar refractivity (Wildman–Crippen MR) is 103 cm³/mol. The standard InChI is InChI=1S/C19H16ClN3O4/c1-26-18-5-3-2-4-13(18)11-21-22-12-15-7-9-19(27-15)16-8-6-14(20)10-17(16)23(24)25/h2-10,12,21H,11H2,1H3/b22-12+. The van der Waals surface area contributed by atoms with Crippen molar-refractivity contribution in [3.8, 4) is 17.1 Å². The second-order valence-electron chi connectivity index (χ2n) is 5.53. The van der Waals surface area contributed by atoms with Crippen molar-refractivity contribution in [2.24, 2.45) is 5.10 Å². The van der Waals surface area contributed by atoms with E-state index in [4.69, 9.17) is 20.8 Å². The molecule has 0 bridgehead atoms. The molecule has 0 radical (unpaired) electrons. The molecule has 0 spiro atoms. The summed E-state index contributed by atoms with van der Waals surface area (Å²) in [6.45, 7) is 0.483. The van der Waals surface area contributed by atoms with E-state index in [9.17, 15) is 10.1 Å². The third kappa shape index (κ3) is 4.45. The maximum Gasteiger partial charge on any atom is 0.281 e. The number of hydrazone groups is 1. The van der Waals surface area contributed by atoms with Crippen LogP contribution >= 0.6 is 11.6 Å². The van der Waals surface area contributed by atoms with Crippen molar-refractivity contribution in [2.75, 3.05) is 7.11 Å². The molecule has 0 atom stereocenters. The van der Waals surface area contributed by atoms with Gasteiger partial charge in [-0.1, -0.05) is 29.8 Å². The summed E-state index contributed by atoms with van der Waals surface area (Å²) >= 11 is 5.84. The molecule has 0 aliphatic carbocycles. The van der Waals surface area contributed by atoms with Gasteiger partial charge in [-0.15, -0.1) is 0 Å². The lowest BCUT2D eigenvalue weighted by molar-refractivity contribution is -0.384. The maximum absolute atomic E-state index is 11.2. The Hall–Kier alpha value is -3.32. The average Bonchev–Trinajstić information content (AvgIpc) is 3.14. The van der Waals surface area contributed by atoms with Gasteiger partial charge >= 0.3 is 0 Å². The van der Waals surface area contributed by atoms with Crippen LogP contribution in [0.1, 0.15) is 11.3 Å². The van der Waals surface area contributed by atoms with Gasteiger partial charge < -0.3 is 14.6 Å². The molecule has 3 rings (SSSR count). The smallest absolute Gasteiger partial charge is 0.281 e. The van der Waals surface area contributed by atoms with E-state index in [1.165, 1.54) is 12.3 Å². The van der Waals surface area contributed by atoms with E-state index >= 15 is 0 Å². The lowest BCUT2D eigenvalue weighted by Crippen LogP contribution is -2.06. The van der Waals surface area contributed by atoms with Crippen molar-refractivity contribution >= 4 is 23.5 Å². The first-order valence-electron chi connectivity index (χ1n) is 8.00. The summed E-state index contributed by atoms with van der Waals surface area (Å²) in [5.74, 6) is 1.60. The highest BCUT2D eigenvalue weighted by Crippen LogP contribution is 2.33. The molecule has 0 fully saturated rings. The Bertz CT molecular complexity index is 985. The second kappa shape index (κ2) is 8.37. The molecule has 8 heteroatoms. The largest absolute Gasteiger partial charge is 0.496 e. The Balaban J connectivity index is 1.70. The number of ether oxygens (including phenoxy) is 1. The minimum atomic E-state index is -0.494. The maximum atomic E-state index is 11.2. The van der Waals surface area contributed by atoms with Gasteiger partial charge in [0, 0.05) is 16.7 Å². The third-order valence-corrected chi connectivity index (χ3v) is 4.03. The molecule has 3 aromatic rings. The van der Waals surface area contributed by atoms with Gasteiger partial charge in [-0.05, 0) is 30.3 Å². The van der Waals surface area contributed by atoms with E-state index in [0.717, 1.165) is 11.3 Å². The molecule has 0 aliphatic heterocycles. The SMILES string of the molecule is COc1ccccc1CN/N=C/c1ccc(-c2ccc(Cl)cc2[N+](=O)[O-])o1. The Kier molecular flexibility index (Phi) is 5.73. The number of halogens is 1. The Morgan fingerprint density at radius 1 is 1.26 bits per heavy atom. The lowest BCUT2D eigenvalue weighted by atomic mass is 10.1. The highest BCUT2D eigenvalue weighted by atomic mass is 35.5. The molecule has 1 heterocycles. The summed E-state index contributed by atoms with van der Waals surface area (Å²) in [5.41, 5.74) is 4.12. The summed E-state index contributed by atoms with van der Waals surface area (Å²) < 4.78 is 10.9. The summed E-state index contributed by atoms with van der Waals surface area (Å²) in [6.07, 6.45) is 1.50. The van der Waals surface area contributed by atoms with Crippen LogP contribution < -0.4 is 10.2 Å². The minimum Gasteiger partial charge on any atom is -0.496 e. The molecular weight excluding hydrogens is 370 g/mol. The van der Waals surface area contributed by atoms with Crippen LogP contribution in [0.4, 0.5) is 5.69 Å². The van der Waals surface area contributed by atoms with E-state index in [2.05, 4.69) is 10.5 Å². The summed E-state index contributed by atoms with van der Waals surface area (Å²) in [5, 5.41) is 15.6. The van der Waals surface area contributed by atoms with Crippen LogP contribution in [-0.4, -0.2) is 18.2 Å². The molecule has 0 saturated heterocycles. The van der Waals surface area contributed by atoms with E-state index in [1.54, 1.807) is 31.4 Å². The summed E-state index contributed by atoms with van der Waals surface area (Å²) in [6, 6.07) is 15.4. The zero-order valence-corrected chi connectivity index (χ0v) is 15.1. The fraction of sp³-hybridized carbons (Fsp3) is 0.105. The zero-order valence-electron chi connectivity index (χ0n) is 14.4. The molecule has 27 heavy (non-hydrogen) atoms. The first-order valence-corrected chi connectivity index (χ1v) is 8.38. The molecule has 1 N–H and O–H groups in total. The number of nitrogens with one attached hydrogen (secondary N) is 1. The van der Waals surface area contributed by atoms with Gasteiger partial charge in [-0.25, -0.2) is 0 Å². The molecule has 0 amide bonds. The van der Waals surface area contributed by atoms with Crippen LogP contribution in [-0.2, 0) is 6.54 Å². The van der Waals surface area contributed by atoms with E-state index < -0.39 is 4.92 Å². The first-order chi connectivity index (χ1) is 13.1. The normalized spacial score (nSPS) is 10.9. The quantitative estimate of drug-likeness (QED) is 0.363. The average molecular weight is 386 g/mol. The number of para-hydroxylation sites is 1. The lowest BCUT2D eigenvalue weighted by Gasteiger charge is -2.06. The number of nitro groups is 1. The number of benzene rings is 2. The fourth-order valence-corrected chi connectivity index (χ4v) is 2.69. The number of hydrogen-bond acceptors (Lipinski definition) is 6. The Morgan fingerprint density at radius 3 is 2.85 bits per heavy atom. The van der Waals surface area contributed by atoms with E-state index in [0.29, 0.717) is 28.7 Å². The van der Waals surface area contributed by atoms with Crippen LogP contribution in [0.25, 0.3) is 11.3 Å². The summed E-state index contributed by atoms with van der Waals surface area (Å²) in [4.78, 5) is 10.7. The highest BCUT2D eigenvalue weighted by molar-refractivity contribution is 6.30. The molecule has 1 aromatic heterocycles. The van der Waals surface area contributed by atoms with Crippen molar-refractivity contribution in [1.29, 1.82) is 0 Å². The van der Waals surface area contributed by atoms with Gasteiger partial charge in [-0.2, -0.15) is 5.10 Å². The van der Waals surface area contributed by atoms with Gasteiger partial charge in [0.05, 0.1) is 30.4 Å². The van der Waals surface area contributed by atoms with Crippen molar-refractivity contribution in [3.63, 3.8) is 0 Å². The molecule has 2 aromatic carbocycles. The number of methoxy groups -OCH3 is 1. The first kappa shape index (κ1) is 18.5. The van der Waals surface area contributed by atoms with Crippen molar-refractivity contribution < 1.29 is 14.1 Å². The number of furan rings is 1. The molecule has 0 unspecified atom stereocenters. The van der Waals surface area contributed by atoms with Crippen molar-refractivity contribution in [3.05, 3.63) is 81.1 Å². The Morgan fingerprint density at radius 2 is 2.07 bits per heavy atom. The number of hydrogen-bond donors (Lipinski definition) is 1. The summed E-state index contributed by atoms with van der Waals surface area (Å²) in [7, 11) is 1.61. The van der Waals surface area contributed by atoms with Crippen LogP contribution in [0, 0.1) is 10.1 Å². The number of rotatable bonds is 7. The van der Waals surface area contributed by atoms with Crippen molar-refractivity contribution in [1.82, 2.24) is 5.43 Å². The van der Waals surface area contributed by atoms with E-state index in [-0.39, 0.29) is 5.69 Å². The van der Waals surface area contributed by atoms with Gasteiger partial charge in [0.15, 0.2) is 0 Å². The topological polar surface area (TPSA) is 89.9 Å². The molecule has 7 nitrogen and oxygen atoms in total. The molecule has 0 saturated carbocycles. The van der Waals surface area contributed by atoms with Crippen LogP contribution in [0.5, 0.6) is 5.75 Å². The van der Waals surface area contributed by atoms with Crippen molar-refractivity contribution in [2.45, 2.75) is 6.54 Å². The highest BCUT2D eigenvalue weighted by Gasteiger charge is 2.18. The molecular formula is C19H16ClN3O4. The molecule has 138 valence electrons. The number of nitro benzene ring substituents is 1. The van der Waals surface area contributed by atoms with Crippen LogP contribution in [0.2, 0.25) is 5.02 Å². The van der Waals surface area contributed by atoms with Gasteiger partial charge in [0.1, 0.15) is 17.3 Å². The van der Waals surface area contributed by atoms with Gasteiger partial charge in [-0.3, -0.25) is 10.1 Å². The van der Waals surface area contributed by atoms with E-state index in [1.807, 2.05) is 24.3 Å². The third-order valence-electron chi connectivity index (χ3n) is 3.79. The predicted octanol–water partition coefficient (Wildman–Crippen LogP) is 4.64. The second-order valence-corrected chi connectivity index (χ2v) is 5.96. The number of nitrogens with zero attached hydrogens (tertiary/aromatic N) is 2. The fourth-order valence-electron chi connectivity index (χ4n) is 2.52. The van der Waals surface area contributed by atoms with Crippen LogP contribution in [0.3, 0.4) is 0 Å². The minimum absolute atomic E-state index is 0.116. The van der Waals surface area contributed by atoms with Gasteiger partial charge in [0.25, 0.3) is 5.69 Å². The Labute approximate surface area is 160 Å². The monoisotopic (exact) mass is 385 g/mol. The zero-order chi connectivity index (χ0) is 19.2. The molecule has 0 aliphatic rings. The van der Waals surface area contributed by atoms with Gasteiger partial charge in [0.2, 0.25) is 0 Å². The van der Waals surface area contributed by atoms with Crippen LogP contribution in [0.15, 0.2) is 64.1 Å².